The second-order valence-corrected chi connectivity index (χ2v) is 5.15. The first kappa shape index (κ1) is 15.0. The van der Waals surface area contributed by atoms with E-state index in [2.05, 4.69) is 0 Å². The third kappa shape index (κ3) is 3.03. The minimum absolute atomic E-state index is 0.245. The highest BCUT2D eigenvalue weighted by Gasteiger charge is 2.41. The van der Waals surface area contributed by atoms with Crippen LogP contribution in [0.1, 0.15) is 32.4 Å². The van der Waals surface area contributed by atoms with Crippen LogP contribution in [0.15, 0.2) is 30.3 Å². The predicted octanol–water partition coefficient (Wildman–Crippen LogP) is 2.59. The van der Waals surface area contributed by atoms with Crippen LogP contribution < -0.4 is 0 Å². The van der Waals surface area contributed by atoms with Crippen molar-refractivity contribution in [1.82, 2.24) is 4.90 Å². The summed E-state index contributed by atoms with van der Waals surface area (Å²) in [5.41, 5.74) is 0.649. The van der Waals surface area contributed by atoms with Crippen LogP contribution in [0, 0.1) is 0 Å². The van der Waals surface area contributed by atoms with Gasteiger partial charge in [0.05, 0.1) is 0 Å². The standard InChI is InChI=1S/C14H20ClNO2/c1-4-16(5-2)13(18)14(3,15)12(17)11-9-7-6-8-10-11/h6-10,12,17H,4-5H2,1-3H3. The van der Waals surface area contributed by atoms with Crippen molar-refractivity contribution in [2.75, 3.05) is 13.1 Å². The number of amides is 1. The van der Waals surface area contributed by atoms with Gasteiger partial charge in [-0.15, -0.1) is 11.6 Å². The van der Waals surface area contributed by atoms with E-state index < -0.39 is 11.0 Å². The molecule has 0 aliphatic carbocycles. The van der Waals surface area contributed by atoms with Gasteiger partial charge in [0.15, 0.2) is 0 Å². The number of benzene rings is 1. The monoisotopic (exact) mass is 269 g/mol. The molecule has 2 atom stereocenters. The van der Waals surface area contributed by atoms with Crippen molar-refractivity contribution in [2.45, 2.75) is 31.7 Å². The van der Waals surface area contributed by atoms with Gasteiger partial charge in [-0.1, -0.05) is 30.3 Å². The van der Waals surface area contributed by atoms with E-state index >= 15 is 0 Å². The van der Waals surface area contributed by atoms with E-state index in [0.29, 0.717) is 18.7 Å². The van der Waals surface area contributed by atoms with E-state index in [1.54, 1.807) is 24.0 Å². The Morgan fingerprint density at radius 2 is 1.83 bits per heavy atom. The third-order valence-corrected chi connectivity index (χ3v) is 3.47. The smallest absolute Gasteiger partial charge is 0.246 e. The van der Waals surface area contributed by atoms with Crippen LogP contribution >= 0.6 is 11.6 Å². The Hall–Kier alpha value is -1.06. The van der Waals surface area contributed by atoms with Crippen molar-refractivity contribution >= 4 is 17.5 Å². The Morgan fingerprint density at radius 1 is 1.33 bits per heavy atom. The fourth-order valence-corrected chi connectivity index (χ4v) is 2.13. The molecule has 3 nitrogen and oxygen atoms in total. The van der Waals surface area contributed by atoms with Gasteiger partial charge in [-0.2, -0.15) is 0 Å². The first-order valence-corrected chi connectivity index (χ1v) is 6.54. The SMILES string of the molecule is CCN(CC)C(=O)C(C)(Cl)C(O)c1ccccc1. The topological polar surface area (TPSA) is 40.5 Å². The second kappa shape index (κ2) is 6.21. The number of aliphatic hydroxyl groups is 1. The maximum Gasteiger partial charge on any atom is 0.246 e. The first-order chi connectivity index (χ1) is 8.45. The van der Waals surface area contributed by atoms with Crippen LogP contribution in [0.25, 0.3) is 0 Å². The molecule has 1 N–H and O–H groups in total. The molecule has 0 saturated heterocycles. The molecular weight excluding hydrogens is 250 g/mol. The van der Waals surface area contributed by atoms with Gasteiger partial charge in [-0.05, 0) is 26.3 Å². The summed E-state index contributed by atoms with van der Waals surface area (Å²) >= 11 is 6.28. The maximum absolute atomic E-state index is 12.3. The Morgan fingerprint density at radius 3 is 2.28 bits per heavy atom. The van der Waals surface area contributed by atoms with Crippen LogP contribution in [-0.4, -0.2) is 33.9 Å². The average Bonchev–Trinajstić information content (AvgIpc) is 2.40. The van der Waals surface area contributed by atoms with Gasteiger partial charge in [0.1, 0.15) is 11.0 Å². The zero-order valence-electron chi connectivity index (χ0n) is 11.1. The summed E-state index contributed by atoms with van der Waals surface area (Å²) < 4.78 is 0. The molecule has 0 aliphatic rings. The third-order valence-electron chi connectivity index (χ3n) is 3.10. The highest BCUT2D eigenvalue weighted by molar-refractivity contribution is 6.35. The molecule has 100 valence electrons. The fraction of sp³-hybridized carbons (Fsp3) is 0.500. The average molecular weight is 270 g/mol. The summed E-state index contributed by atoms with van der Waals surface area (Å²) in [6, 6.07) is 9.01. The molecule has 0 radical (unpaired) electrons. The molecule has 1 rings (SSSR count). The van der Waals surface area contributed by atoms with Crippen molar-refractivity contribution in [3.63, 3.8) is 0 Å². The lowest BCUT2D eigenvalue weighted by Crippen LogP contribution is -2.47. The molecule has 0 aliphatic heterocycles. The Bertz CT molecular complexity index is 388. The minimum atomic E-state index is -1.34. The number of carbonyl (C=O) groups is 1. The Kier molecular flexibility index (Phi) is 5.17. The zero-order valence-corrected chi connectivity index (χ0v) is 11.8. The van der Waals surface area contributed by atoms with Gasteiger partial charge in [-0.25, -0.2) is 0 Å². The fourth-order valence-electron chi connectivity index (χ4n) is 1.89. The van der Waals surface area contributed by atoms with Gasteiger partial charge in [0, 0.05) is 13.1 Å². The lowest BCUT2D eigenvalue weighted by molar-refractivity contribution is -0.136. The molecule has 0 saturated carbocycles. The number of carbonyl (C=O) groups excluding carboxylic acids is 1. The van der Waals surface area contributed by atoms with Gasteiger partial charge in [0.2, 0.25) is 5.91 Å². The summed E-state index contributed by atoms with van der Waals surface area (Å²) in [4.78, 5) is 12.6. The lowest BCUT2D eigenvalue weighted by atomic mass is 9.95. The van der Waals surface area contributed by atoms with Crippen molar-refractivity contribution in [1.29, 1.82) is 0 Å². The number of hydrogen-bond donors (Lipinski definition) is 1. The van der Waals surface area contributed by atoms with E-state index in [0.717, 1.165) is 0 Å². The molecule has 2 unspecified atom stereocenters. The largest absolute Gasteiger partial charge is 0.386 e. The molecule has 1 aromatic rings. The van der Waals surface area contributed by atoms with Gasteiger partial charge in [-0.3, -0.25) is 4.79 Å². The van der Waals surface area contributed by atoms with Crippen molar-refractivity contribution < 1.29 is 9.90 Å². The zero-order chi connectivity index (χ0) is 13.8. The van der Waals surface area contributed by atoms with E-state index in [1.807, 2.05) is 32.0 Å². The van der Waals surface area contributed by atoms with E-state index in [9.17, 15) is 9.90 Å². The molecule has 0 heterocycles. The molecule has 1 aromatic carbocycles. The summed E-state index contributed by atoms with van der Waals surface area (Å²) in [5.74, 6) is -0.245. The van der Waals surface area contributed by atoms with E-state index in [-0.39, 0.29) is 5.91 Å². The number of aliphatic hydroxyl groups excluding tert-OH is 1. The molecule has 0 aromatic heterocycles. The molecule has 0 fully saturated rings. The lowest BCUT2D eigenvalue weighted by Gasteiger charge is -2.32. The van der Waals surface area contributed by atoms with Crippen molar-refractivity contribution in [3.8, 4) is 0 Å². The summed E-state index contributed by atoms with van der Waals surface area (Å²) in [6.45, 7) is 6.51. The summed E-state index contributed by atoms with van der Waals surface area (Å²) in [5, 5.41) is 10.3. The normalized spacial score (nSPS) is 15.8. The summed E-state index contributed by atoms with van der Waals surface area (Å²) in [6.07, 6.45) is -1.02. The quantitative estimate of drug-likeness (QED) is 0.835. The molecular formula is C14H20ClNO2. The Labute approximate surface area is 113 Å². The second-order valence-electron chi connectivity index (χ2n) is 4.37. The molecule has 18 heavy (non-hydrogen) atoms. The molecule has 1 amide bonds. The molecule has 0 spiro atoms. The van der Waals surface area contributed by atoms with Crippen molar-refractivity contribution in [3.05, 3.63) is 35.9 Å². The highest BCUT2D eigenvalue weighted by Crippen LogP contribution is 2.33. The highest BCUT2D eigenvalue weighted by atomic mass is 35.5. The maximum atomic E-state index is 12.3. The molecule has 0 bridgehead atoms. The number of alkyl halides is 1. The Balaban J connectivity index is 2.95. The number of hydrogen-bond acceptors (Lipinski definition) is 2. The van der Waals surface area contributed by atoms with Crippen LogP contribution in [0.2, 0.25) is 0 Å². The predicted molar refractivity (Wildman–Crippen MR) is 73.6 cm³/mol. The van der Waals surface area contributed by atoms with Crippen LogP contribution in [0.5, 0.6) is 0 Å². The molecule has 4 heteroatoms. The van der Waals surface area contributed by atoms with Gasteiger partial charge < -0.3 is 10.0 Å². The van der Waals surface area contributed by atoms with Gasteiger partial charge in [0.25, 0.3) is 0 Å². The number of nitrogens with zero attached hydrogens (tertiary/aromatic N) is 1. The van der Waals surface area contributed by atoms with Crippen LogP contribution in [0.4, 0.5) is 0 Å². The first-order valence-electron chi connectivity index (χ1n) is 6.16. The van der Waals surface area contributed by atoms with Crippen molar-refractivity contribution in [2.24, 2.45) is 0 Å². The van der Waals surface area contributed by atoms with E-state index in [4.69, 9.17) is 11.6 Å². The number of rotatable bonds is 5. The summed E-state index contributed by atoms with van der Waals surface area (Å²) in [7, 11) is 0. The number of halogens is 1. The minimum Gasteiger partial charge on any atom is -0.386 e. The van der Waals surface area contributed by atoms with Crippen LogP contribution in [0.3, 0.4) is 0 Å². The van der Waals surface area contributed by atoms with E-state index in [1.165, 1.54) is 0 Å². The van der Waals surface area contributed by atoms with Crippen LogP contribution in [-0.2, 0) is 4.79 Å². The van der Waals surface area contributed by atoms with Gasteiger partial charge >= 0.3 is 0 Å².